The molecule has 0 aliphatic heterocycles. The van der Waals surface area contributed by atoms with Gasteiger partial charge in [0.05, 0.1) is 13.2 Å². The molecule has 0 spiro atoms. The second kappa shape index (κ2) is 5.29. The molecule has 0 aromatic carbocycles. The lowest BCUT2D eigenvalue weighted by atomic mass is 10.4. The number of ether oxygens (including phenoxy) is 1. The van der Waals surface area contributed by atoms with Crippen LogP contribution in [0, 0.1) is 0 Å². The highest BCUT2D eigenvalue weighted by atomic mass is 16.5. The Morgan fingerprint density at radius 3 is 2.81 bits per heavy atom. The van der Waals surface area contributed by atoms with Gasteiger partial charge in [-0.2, -0.15) is 4.98 Å². The molecule has 0 unspecified atom stereocenters. The lowest BCUT2D eigenvalue weighted by Crippen LogP contribution is -2.24. The van der Waals surface area contributed by atoms with Crippen molar-refractivity contribution in [1.29, 1.82) is 0 Å². The molecule has 1 heterocycles. The summed E-state index contributed by atoms with van der Waals surface area (Å²) in [4.78, 5) is 27.6. The molecular weight excluding hydrogens is 212 g/mol. The number of likely N-dealkylation sites (N-methyl/N-ethyl adjacent to an activating group) is 1. The third kappa shape index (κ3) is 3.08. The first-order chi connectivity index (χ1) is 7.54. The first-order valence-corrected chi connectivity index (χ1v) is 4.87. The van der Waals surface area contributed by atoms with Crippen molar-refractivity contribution in [2.24, 2.45) is 0 Å². The van der Waals surface area contributed by atoms with Gasteiger partial charge in [0, 0.05) is 7.05 Å². The fourth-order valence-corrected chi connectivity index (χ4v) is 1.14. The first-order valence-electron chi connectivity index (χ1n) is 4.87. The van der Waals surface area contributed by atoms with Gasteiger partial charge in [-0.1, -0.05) is 0 Å². The monoisotopic (exact) mass is 226 g/mol. The number of hydrogen-bond acceptors (Lipinski definition) is 6. The minimum absolute atomic E-state index is 0.0154. The SMILES string of the molecule is CCOC(=O)c1coc(N(C)CC(C)=O)n1. The molecule has 0 N–H and O–H groups in total. The summed E-state index contributed by atoms with van der Waals surface area (Å²) < 4.78 is 9.81. The Kier molecular flexibility index (Phi) is 4.04. The fourth-order valence-electron chi connectivity index (χ4n) is 1.14. The summed E-state index contributed by atoms with van der Waals surface area (Å²) in [7, 11) is 1.65. The Hall–Kier alpha value is -1.85. The van der Waals surface area contributed by atoms with Crippen LogP contribution in [0.1, 0.15) is 24.3 Å². The van der Waals surface area contributed by atoms with E-state index in [2.05, 4.69) is 4.98 Å². The molecule has 0 aliphatic rings. The molecule has 1 aromatic rings. The van der Waals surface area contributed by atoms with Crippen LogP contribution in [0.4, 0.5) is 6.01 Å². The first kappa shape index (κ1) is 12.2. The quantitative estimate of drug-likeness (QED) is 0.694. The highest BCUT2D eigenvalue weighted by Gasteiger charge is 2.16. The van der Waals surface area contributed by atoms with Gasteiger partial charge in [-0.05, 0) is 13.8 Å². The van der Waals surface area contributed by atoms with Gasteiger partial charge in [-0.3, -0.25) is 4.79 Å². The maximum absolute atomic E-state index is 11.3. The van der Waals surface area contributed by atoms with E-state index in [4.69, 9.17) is 9.15 Å². The van der Waals surface area contributed by atoms with E-state index in [0.29, 0.717) is 0 Å². The second-order valence-electron chi connectivity index (χ2n) is 3.29. The van der Waals surface area contributed by atoms with Crippen molar-refractivity contribution >= 4 is 17.8 Å². The Morgan fingerprint density at radius 2 is 2.25 bits per heavy atom. The molecular formula is C10H14N2O4. The number of esters is 1. The van der Waals surface area contributed by atoms with Gasteiger partial charge in [0.25, 0.3) is 6.01 Å². The van der Waals surface area contributed by atoms with Gasteiger partial charge < -0.3 is 14.1 Å². The molecule has 0 radical (unpaired) electrons. The molecule has 88 valence electrons. The predicted molar refractivity (Wildman–Crippen MR) is 56.4 cm³/mol. The number of carbonyl (C=O) groups is 2. The number of nitrogens with zero attached hydrogens (tertiary/aromatic N) is 2. The highest BCUT2D eigenvalue weighted by molar-refractivity contribution is 5.87. The molecule has 0 bridgehead atoms. The number of carbonyl (C=O) groups excluding carboxylic acids is 2. The van der Waals surface area contributed by atoms with Gasteiger partial charge >= 0.3 is 5.97 Å². The number of aromatic nitrogens is 1. The van der Waals surface area contributed by atoms with Crippen LogP contribution in [0.15, 0.2) is 10.7 Å². The Morgan fingerprint density at radius 1 is 1.56 bits per heavy atom. The van der Waals surface area contributed by atoms with E-state index in [1.807, 2.05) is 0 Å². The van der Waals surface area contributed by atoms with Gasteiger partial charge in [0.2, 0.25) is 0 Å². The van der Waals surface area contributed by atoms with Gasteiger partial charge in [-0.15, -0.1) is 0 Å². The van der Waals surface area contributed by atoms with Gasteiger partial charge in [0.15, 0.2) is 5.69 Å². The van der Waals surface area contributed by atoms with Crippen molar-refractivity contribution in [2.45, 2.75) is 13.8 Å². The number of hydrogen-bond donors (Lipinski definition) is 0. The fraction of sp³-hybridized carbons (Fsp3) is 0.500. The van der Waals surface area contributed by atoms with Gasteiger partial charge in [0.1, 0.15) is 12.0 Å². The molecule has 1 aromatic heterocycles. The maximum Gasteiger partial charge on any atom is 0.360 e. The summed E-state index contributed by atoms with van der Waals surface area (Å²) in [5, 5.41) is 0. The minimum atomic E-state index is -0.534. The normalized spacial score (nSPS) is 9.94. The molecule has 0 amide bonds. The summed E-state index contributed by atoms with van der Waals surface area (Å²) in [6, 6.07) is 0.221. The number of ketones is 1. The average molecular weight is 226 g/mol. The van der Waals surface area contributed by atoms with Crippen molar-refractivity contribution in [3.8, 4) is 0 Å². The van der Waals surface area contributed by atoms with Crippen molar-refractivity contribution < 1.29 is 18.7 Å². The van der Waals surface area contributed by atoms with Crippen LogP contribution >= 0.6 is 0 Å². The summed E-state index contributed by atoms with van der Waals surface area (Å²) in [5.41, 5.74) is 0.104. The molecule has 1 rings (SSSR count). The lowest BCUT2D eigenvalue weighted by Gasteiger charge is -2.10. The Bertz CT molecular complexity index is 386. The molecule has 0 saturated heterocycles. The summed E-state index contributed by atoms with van der Waals surface area (Å²) in [5.74, 6) is -0.549. The molecule has 0 atom stereocenters. The number of anilines is 1. The largest absolute Gasteiger partial charge is 0.461 e. The molecule has 6 nitrogen and oxygen atoms in total. The molecule has 0 aliphatic carbocycles. The third-order valence-corrected chi connectivity index (χ3v) is 1.76. The summed E-state index contributed by atoms with van der Waals surface area (Å²) in [6.07, 6.45) is 1.21. The Labute approximate surface area is 93.2 Å². The van der Waals surface area contributed by atoms with Crippen LogP contribution in [-0.4, -0.2) is 36.9 Å². The van der Waals surface area contributed by atoms with Crippen LogP contribution in [0.25, 0.3) is 0 Å². The van der Waals surface area contributed by atoms with E-state index in [1.165, 1.54) is 18.1 Å². The smallest absolute Gasteiger partial charge is 0.360 e. The highest BCUT2D eigenvalue weighted by Crippen LogP contribution is 2.12. The molecule has 6 heteroatoms. The van der Waals surface area contributed by atoms with E-state index < -0.39 is 5.97 Å². The van der Waals surface area contributed by atoms with E-state index in [9.17, 15) is 9.59 Å². The van der Waals surface area contributed by atoms with Crippen molar-refractivity contribution in [1.82, 2.24) is 4.98 Å². The maximum atomic E-state index is 11.3. The number of oxazole rings is 1. The number of rotatable bonds is 5. The van der Waals surface area contributed by atoms with E-state index in [-0.39, 0.29) is 30.6 Å². The molecule has 0 saturated carbocycles. The Balaban J connectivity index is 2.70. The van der Waals surface area contributed by atoms with Crippen molar-refractivity contribution in [2.75, 3.05) is 25.1 Å². The average Bonchev–Trinajstić information content (AvgIpc) is 2.65. The summed E-state index contributed by atoms with van der Waals surface area (Å²) >= 11 is 0. The zero-order valence-electron chi connectivity index (χ0n) is 9.52. The minimum Gasteiger partial charge on any atom is -0.461 e. The zero-order valence-corrected chi connectivity index (χ0v) is 9.52. The second-order valence-corrected chi connectivity index (χ2v) is 3.29. The topological polar surface area (TPSA) is 72.6 Å². The third-order valence-electron chi connectivity index (χ3n) is 1.76. The number of Topliss-reactive ketones (excluding diaryl/α,β-unsaturated/α-hetero) is 1. The van der Waals surface area contributed by atoms with Gasteiger partial charge in [-0.25, -0.2) is 4.79 Å². The van der Waals surface area contributed by atoms with Crippen LogP contribution in [-0.2, 0) is 9.53 Å². The van der Waals surface area contributed by atoms with E-state index in [0.717, 1.165) is 0 Å². The standard InChI is InChI=1S/C10H14N2O4/c1-4-15-9(14)8-6-16-10(11-8)12(3)5-7(2)13/h6H,4-5H2,1-3H3. The zero-order chi connectivity index (χ0) is 12.1. The van der Waals surface area contributed by atoms with Crippen LogP contribution in [0.2, 0.25) is 0 Å². The van der Waals surface area contributed by atoms with Crippen molar-refractivity contribution in [3.63, 3.8) is 0 Å². The summed E-state index contributed by atoms with van der Waals surface area (Å²) in [6.45, 7) is 3.64. The van der Waals surface area contributed by atoms with Crippen LogP contribution in [0.3, 0.4) is 0 Å². The van der Waals surface area contributed by atoms with E-state index in [1.54, 1.807) is 14.0 Å². The van der Waals surface area contributed by atoms with Crippen LogP contribution < -0.4 is 4.90 Å². The van der Waals surface area contributed by atoms with Crippen molar-refractivity contribution in [3.05, 3.63) is 12.0 Å². The molecule has 0 fully saturated rings. The van der Waals surface area contributed by atoms with E-state index >= 15 is 0 Å². The molecule has 16 heavy (non-hydrogen) atoms. The van der Waals surface area contributed by atoms with Crippen LogP contribution in [0.5, 0.6) is 0 Å². The predicted octanol–water partition coefficient (Wildman–Crippen LogP) is 0.877. The lowest BCUT2D eigenvalue weighted by molar-refractivity contribution is -0.115.